The second kappa shape index (κ2) is 7.09. The first-order valence-electron chi connectivity index (χ1n) is 7.54. The number of hydrogen-bond donors (Lipinski definition) is 1. The highest BCUT2D eigenvalue weighted by Crippen LogP contribution is 2.26. The van der Waals surface area contributed by atoms with Gasteiger partial charge in [-0.3, -0.25) is 4.90 Å². The van der Waals surface area contributed by atoms with Gasteiger partial charge in [-0.25, -0.2) is 4.39 Å². The molecule has 1 saturated heterocycles. The molecule has 5 heteroatoms. The van der Waals surface area contributed by atoms with Crippen LogP contribution < -0.4 is 5.73 Å². The molecule has 0 radical (unpaired) electrons. The minimum atomic E-state index is -0.178. The average molecular weight is 339 g/mol. The summed E-state index contributed by atoms with van der Waals surface area (Å²) in [6, 6.07) is 9.04. The number of hydrogen-bond acceptors (Lipinski definition) is 3. The number of piperidine rings is 1. The van der Waals surface area contributed by atoms with Crippen molar-refractivity contribution in [1.29, 1.82) is 0 Å². The van der Waals surface area contributed by atoms with Crippen LogP contribution in [0.25, 0.3) is 0 Å². The maximum Gasteiger partial charge on any atom is 0.123 e. The van der Waals surface area contributed by atoms with Crippen LogP contribution in [0.15, 0.2) is 35.7 Å². The second-order valence-corrected chi connectivity index (χ2v) is 7.69. The van der Waals surface area contributed by atoms with Gasteiger partial charge in [0.25, 0.3) is 0 Å². The Hall–Kier alpha value is -0.940. The van der Waals surface area contributed by atoms with Crippen molar-refractivity contribution in [2.75, 3.05) is 13.1 Å². The summed E-state index contributed by atoms with van der Waals surface area (Å²) in [6.45, 7) is 2.63. The lowest BCUT2D eigenvalue weighted by Gasteiger charge is -2.36. The smallest absolute Gasteiger partial charge is 0.123 e. The van der Waals surface area contributed by atoms with E-state index in [1.54, 1.807) is 23.5 Å². The molecule has 118 valence electrons. The normalized spacial score (nSPS) is 22.9. The molecular formula is C17H20ClFN2S. The van der Waals surface area contributed by atoms with Gasteiger partial charge in [0.2, 0.25) is 0 Å². The predicted molar refractivity (Wildman–Crippen MR) is 90.8 cm³/mol. The Bertz CT molecular complexity index is 631. The van der Waals surface area contributed by atoms with E-state index in [0.717, 1.165) is 42.4 Å². The Kier molecular flexibility index (Phi) is 5.14. The van der Waals surface area contributed by atoms with Crippen LogP contribution in [0.5, 0.6) is 0 Å². The molecule has 1 aliphatic heterocycles. The molecule has 2 unspecified atom stereocenters. The van der Waals surface area contributed by atoms with E-state index in [1.807, 2.05) is 12.1 Å². The lowest BCUT2D eigenvalue weighted by atomic mass is 9.89. The Labute approximate surface area is 139 Å². The highest BCUT2D eigenvalue weighted by atomic mass is 35.5. The minimum absolute atomic E-state index is 0.178. The molecule has 1 aliphatic rings. The zero-order valence-electron chi connectivity index (χ0n) is 12.3. The van der Waals surface area contributed by atoms with Crippen molar-refractivity contribution in [3.63, 3.8) is 0 Å². The van der Waals surface area contributed by atoms with Crippen molar-refractivity contribution < 1.29 is 4.39 Å². The van der Waals surface area contributed by atoms with E-state index in [0.29, 0.717) is 5.92 Å². The SMILES string of the molecule is NC1CC(Cc2csc(Cl)c2)CN(Cc2cccc(F)c2)C1. The molecule has 2 N–H and O–H groups in total. The summed E-state index contributed by atoms with van der Waals surface area (Å²) in [4.78, 5) is 2.33. The molecule has 3 rings (SSSR count). The fourth-order valence-corrected chi connectivity index (χ4v) is 4.23. The molecular weight excluding hydrogens is 319 g/mol. The lowest BCUT2D eigenvalue weighted by molar-refractivity contribution is 0.149. The van der Waals surface area contributed by atoms with Crippen molar-refractivity contribution in [2.45, 2.75) is 25.4 Å². The molecule has 22 heavy (non-hydrogen) atoms. The van der Waals surface area contributed by atoms with Crippen molar-refractivity contribution in [3.8, 4) is 0 Å². The van der Waals surface area contributed by atoms with Gasteiger partial charge in [-0.2, -0.15) is 0 Å². The summed E-state index contributed by atoms with van der Waals surface area (Å²) >= 11 is 7.58. The summed E-state index contributed by atoms with van der Waals surface area (Å²) in [6.07, 6.45) is 2.05. The maximum absolute atomic E-state index is 13.3. The number of halogens is 2. The van der Waals surface area contributed by atoms with E-state index < -0.39 is 0 Å². The van der Waals surface area contributed by atoms with Crippen LogP contribution in [0.3, 0.4) is 0 Å². The highest BCUT2D eigenvalue weighted by Gasteiger charge is 2.25. The fraction of sp³-hybridized carbons (Fsp3) is 0.412. The van der Waals surface area contributed by atoms with Gasteiger partial charge in [0.05, 0.1) is 4.34 Å². The predicted octanol–water partition coefficient (Wildman–Crippen LogP) is 3.93. The number of thiophene rings is 1. The number of likely N-dealkylation sites (tertiary alicyclic amines) is 1. The summed E-state index contributed by atoms with van der Waals surface area (Å²) in [5.74, 6) is 0.353. The average Bonchev–Trinajstić information content (AvgIpc) is 2.83. The van der Waals surface area contributed by atoms with E-state index in [1.165, 1.54) is 11.6 Å². The number of benzene rings is 1. The lowest BCUT2D eigenvalue weighted by Crippen LogP contribution is -2.47. The molecule has 0 aliphatic carbocycles. The molecule has 2 aromatic rings. The van der Waals surface area contributed by atoms with Crippen molar-refractivity contribution in [3.05, 3.63) is 57.0 Å². The zero-order valence-corrected chi connectivity index (χ0v) is 13.9. The van der Waals surface area contributed by atoms with Crippen LogP contribution in [-0.2, 0) is 13.0 Å². The van der Waals surface area contributed by atoms with E-state index >= 15 is 0 Å². The first-order valence-corrected chi connectivity index (χ1v) is 8.79. The summed E-state index contributed by atoms with van der Waals surface area (Å²) in [7, 11) is 0. The monoisotopic (exact) mass is 338 g/mol. The van der Waals surface area contributed by atoms with Gasteiger partial charge in [-0.05, 0) is 53.5 Å². The highest BCUT2D eigenvalue weighted by molar-refractivity contribution is 7.14. The Morgan fingerprint density at radius 1 is 1.27 bits per heavy atom. The third-order valence-corrected chi connectivity index (χ3v) is 5.23. The topological polar surface area (TPSA) is 29.3 Å². The van der Waals surface area contributed by atoms with Gasteiger partial charge in [-0.15, -0.1) is 11.3 Å². The Morgan fingerprint density at radius 3 is 2.86 bits per heavy atom. The first kappa shape index (κ1) is 15.9. The summed E-state index contributed by atoms with van der Waals surface area (Å²) in [5.41, 5.74) is 8.52. The molecule has 0 bridgehead atoms. The maximum atomic E-state index is 13.3. The van der Waals surface area contributed by atoms with Crippen molar-refractivity contribution in [2.24, 2.45) is 11.7 Å². The van der Waals surface area contributed by atoms with Crippen molar-refractivity contribution in [1.82, 2.24) is 4.90 Å². The first-order chi connectivity index (χ1) is 10.6. The van der Waals surface area contributed by atoms with Gasteiger partial charge in [-0.1, -0.05) is 23.7 Å². The molecule has 0 amide bonds. The zero-order chi connectivity index (χ0) is 15.5. The van der Waals surface area contributed by atoms with Crippen LogP contribution in [0.4, 0.5) is 4.39 Å². The third kappa shape index (κ3) is 4.29. The quantitative estimate of drug-likeness (QED) is 0.915. The molecule has 0 saturated carbocycles. The molecule has 1 aromatic heterocycles. The minimum Gasteiger partial charge on any atom is -0.327 e. The molecule has 2 atom stereocenters. The number of nitrogens with zero attached hydrogens (tertiary/aromatic N) is 1. The van der Waals surface area contributed by atoms with Crippen LogP contribution in [0.1, 0.15) is 17.5 Å². The molecule has 0 spiro atoms. The fourth-order valence-electron chi connectivity index (χ4n) is 3.31. The van der Waals surface area contributed by atoms with Crippen molar-refractivity contribution >= 4 is 22.9 Å². The van der Waals surface area contributed by atoms with E-state index in [-0.39, 0.29) is 11.9 Å². The Morgan fingerprint density at radius 2 is 2.14 bits per heavy atom. The molecule has 1 aromatic carbocycles. The second-order valence-electron chi connectivity index (χ2n) is 6.15. The van der Waals surface area contributed by atoms with Gasteiger partial charge >= 0.3 is 0 Å². The molecule has 2 nitrogen and oxygen atoms in total. The van der Waals surface area contributed by atoms with Crippen LogP contribution in [0, 0.1) is 11.7 Å². The summed E-state index contributed by atoms with van der Waals surface area (Å²) in [5, 5.41) is 2.12. The van der Waals surface area contributed by atoms with Gasteiger partial charge in [0.1, 0.15) is 5.82 Å². The van der Waals surface area contributed by atoms with E-state index in [4.69, 9.17) is 17.3 Å². The van der Waals surface area contributed by atoms with Crippen LogP contribution in [-0.4, -0.2) is 24.0 Å². The largest absolute Gasteiger partial charge is 0.327 e. The molecule has 1 fully saturated rings. The van der Waals surface area contributed by atoms with Crippen LogP contribution >= 0.6 is 22.9 Å². The number of rotatable bonds is 4. The molecule has 2 heterocycles. The number of nitrogens with two attached hydrogens (primary N) is 1. The van der Waals surface area contributed by atoms with Gasteiger partial charge < -0.3 is 5.73 Å². The van der Waals surface area contributed by atoms with E-state index in [9.17, 15) is 4.39 Å². The standard InChI is InChI=1S/C17H20ClFN2S/c18-17-7-14(11-22-17)4-13-6-16(20)10-21(9-13)8-12-2-1-3-15(19)5-12/h1-3,5,7,11,13,16H,4,6,8-10,20H2. The Balaban J connectivity index is 1.63. The van der Waals surface area contributed by atoms with E-state index in [2.05, 4.69) is 10.3 Å². The van der Waals surface area contributed by atoms with Gasteiger partial charge in [0.15, 0.2) is 0 Å². The summed E-state index contributed by atoms with van der Waals surface area (Å²) < 4.78 is 14.1. The van der Waals surface area contributed by atoms with Crippen LogP contribution in [0.2, 0.25) is 4.34 Å². The van der Waals surface area contributed by atoms with Gasteiger partial charge in [0, 0.05) is 25.7 Å². The third-order valence-electron chi connectivity index (χ3n) is 4.09.